The maximum absolute atomic E-state index is 13.0. The molecule has 1 atom stereocenters. The second kappa shape index (κ2) is 8.40. The van der Waals surface area contributed by atoms with E-state index in [1.54, 1.807) is 18.3 Å². The lowest BCUT2D eigenvalue weighted by atomic mass is 10.1. The SMILES string of the molecule is CCOc1ccc(CCNC(=O)c2cn3c4c(ccc(Cl)c4c2=O)OC(C)C3)cc1. The van der Waals surface area contributed by atoms with Crippen molar-refractivity contribution in [2.24, 2.45) is 0 Å². The molecule has 6 nitrogen and oxygen atoms in total. The Morgan fingerprint density at radius 3 is 2.77 bits per heavy atom. The molecule has 1 aromatic heterocycles. The van der Waals surface area contributed by atoms with E-state index in [2.05, 4.69) is 5.32 Å². The average Bonchev–Trinajstić information content (AvgIpc) is 2.72. The smallest absolute Gasteiger partial charge is 0.256 e. The van der Waals surface area contributed by atoms with Crippen LogP contribution in [0.5, 0.6) is 11.5 Å². The van der Waals surface area contributed by atoms with Crippen LogP contribution in [0.15, 0.2) is 47.4 Å². The molecule has 0 bridgehead atoms. The third-order valence-corrected chi connectivity index (χ3v) is 5.41. The molecule has 1 aliphatic heterocycles. The Bertz CT molecular complexity index is 1150. The van der Waals surface area contributed by atoms with Crippen molar-refractivity contribution >= 4 is 28.4 Å². The Balaban J connectivity index is 1.54. The summed E-state index contributed by atoms with van der Waals surface area (Å²) in [6.07, 6.45) is 2.19. The molecule has 1 N–H and O–H groups in total. The minimum atomic E-state index is -0.405. The summed E-state index contributed by atoms with van der Waals surface area (Å²) < 4.78 is 13.1. The lowest BCUT2D eigenvalue weighted by Gasteiger charge is -2.26. The first kappa shape index (κ1) is 20.3. The van der Waals surface area contributed by atoms with Gasteiger partial charge in [0.05, 0.1) is 29.1 Å². The van der Waals surface area contributed by atoms with Crippen LogP contribution in [0.4, 0.5) is 0 Å². The van der Waals surface area contributed by atoms with E-state index < -0.39 is 5.91 Å². The Hall–Kier alpha value is -2.99. The topological polar surface area (TPSA) is 69.6 Å². The summed E-state index contributed by atoms with van der Waals surface area (Å²) in [4.78, 5) is 25.8. The maximum atomic E-state index is 13.0. The molecular weight excluding hydrogens is 404 g/mol. The van der Waals surface area contributed by atoms with Crippen LogP contribution in [-0.2, 0) is 13.0 Å². The number of halogens is 1. The molecule has 2 aromatic carbocycles. The van der Waals surface area contributed by atoms with E-state index in [0.717, 1.165) is 11.3 Å². The summed E-state index contributed by atoms with van der Waals surface area (Å²) in [5, 5.41) is 3.48. The molecule has 0 aliphatic carbocycles. The van der Waals surface area contributed by atoms with Gasteiger partial charge in [0.2, 0.25) is 5.43 Å². The number of nitrogens with zero attached hydrogens (tertiary/aromatic N) is 1. The van der Waals surface area contributed by atoms with Crippen LogP contribution in [0, 0.1) is 0 Å². The van der Waals surface area contributed by atoms with E-state index in [9.17, 15) is 9.59 Å². The van der Waals surface area contributed by atoms with Crippen molar-refractivity contribution in [2.75, 3.05) is 13.2 Å². The van der Waals surface area contributed by atoms with E-state index >= 15 is 0 Å². The van der Waals surface area contributed by atoms with Gasteiger partial charge in [-0.05, 0) is 50.1 Å². The van der Waals surface area contributed by atoms with Crippen LogP contribution in [-0.4, -0.2) is 29.7 Å². The van der Waals surface area contributed by atoms with E-state index in [1.807, 2.05) is 42.7 Å². The third kappa shape index (κ3) is 3.87. The van der Waals surface area contributed by atoms with E-state index in [0.29, 0.717) is 47.8 Å². The molecule has 1 aliphatic rings. The number of aromatic nitrogens is 1. The lowest BCUT2D eigenvalue weighted by molar-refractivity contribution is 0.0951. The number of benzene rings is 2. The van der Waals surface area contributed by atoms with Crippen molar-refractivity contribution in [2.45, 2.75) is 32.9 Å². The predicted molar refractivity (Wildman–Crippen MR) is 117 cm³/mol. The zero-order valence-corrected chi connectivity index (χ0v) is 17.7. The number of nitrogens with one attached hydrogen (secondary N) is 1. The third-order valence-electron chi connectivity index (χ3n) is 5.09. The van der Waals surface area contributed by atoms with Crippen LogP contribution in [0.3, 0.4) is 0 Å². The van der Waals surface area contributed by atoms with Gasteiger partial charge in [-0.1, -0.05) is 23.7 Å². The maximum Gasteiger partial charge on any atom is 0.256 e. The van der Waals surface area contributed by atoms with E-state index in [4.69, 9.17) is 21.1 Å². The van der Waals surface area contributed by atoms with Gasteiger partial charge < -0.3 is 19.4 Å². The second-order valence-corrected chi connectivity index (χ2v) is 7.71. The van der Waals surface area contributed by atoms with E-state index in [1.165, 1.54) is 0 Å². The van der Waals surface area contributed by atoms with Crippen LogP contribution in [0.1, 0.15) is 29.8 Å². The monoisotopic (exact) mass is 426 g/mol. The Labute approximate surface area is 179 Å². The number of ether oxygens (including phenoxy) is 2. The van der Waals surface area contributed by atoms with Crippen molar-refractivity contribution in [3.63, 3.8) is 0 Å². The molecule has 7 heteroatoms. The van der Waals surface area contributed by atoms with Gasteiger partial charge in [0, 0.05) is 12.7 Å². The molecule has 1 unspecified atom stereocenters. The summed E-state index contributed by atoms with van der Waals surface area (Å²) >= 11 is 6.31. The zero-order chi connectivity index (χ0) is 21.3. The molecule has 0 radical (unpaired) electrons. The first-order valence-electron chi connectivity index (χ1n) is 10.00. The van der Waals surface area contributed by atoms with Gasteiger partial charge in [-0.25, -0.2) is 0 Å². The highest BCUT2D eigenvalue weighted by molar-refractivity contribution is 6.35. The van der Waals surface area contributed by atoms with Gasteiger partial charge in [0.1, 0.15) is 23.2 Å². The summed E-state index contributed by atoms with van der Waals surface area (Å²) in [7, 11) is 0. The minimum Gasteiger partial charge on any atom is -0.494 e. The number of carbonyl (C=O) groups excluding carboxylic acids is 1. The normalized spacial score (nSPS) is 15.0. The molecule has 156 valence electrons. The van der Waals surface area contributed by atoms with E-state index in [-0.39, 0.29) is 17.1 Å². The zero-order valence-electron chi connectivity index (χ0n) is 16.9. The molecule has 2 heterocycles. The average molecular weight is 427 g/mol. The number of carbonyl (C=O) groups is 1. The number of pyridine rings is 1. The van der Waals surface area contributed by atoms with Gasteiger partial charge >= 0.3 is 0 Å². The van der Waals surface area contributed by atoms with Crippen LogP contribution < -0.4 is 20.2 Å². The highest BCUT2D eigenvalue weighted by Gasteiger charge is 2.24. The fourth-order valence-electron chi connectivity index (χ4n) is 3.73. The molecule has 0 spiro atoms. The first-order valence-corrected chi connectivity index (χ1v) is 10.4. The summed E-state index contributed by atoms with van der Waals surface area (Å²) in [6.45, 7) is 5.45. The van der Waals surface area contributed by atoms with Crippen molar-refractivity contribution in [3.05, 3.63) is 69.0 Å². The minimum absolute atomic E-state index is 0.0695. The Kier molecular flexibility index (Phi) is 5.68. The molecular formula is C23H23ClN2O4. The Morgan fingerprint density at radius 1 is 1.27 bits per heavy atom. The van der Waals surface area contributed by atoms with Gasteiger partial charge in [-0.15, -0.1) is 0 Å². The molecule has 3 aromatic rings. The molecule has 4 rings (SSSR count). The van der Waals surface area contributed by atoms with Gasteiger partial charge in [0.15, 0.2) is 0 Å². The molecule has 0 fully saturated rings. The fourth-order valence-corrected chi connectivity index (χ4v) is 3.97. The summed E-state index contributed by atoms with van der Waals surface area (Å²) in [5.41, 5.74) is 1.41. The highest BCUT2D eigenvalue weighted by atomic mass is 35.5. The van der Waals surface area contributed by atoms with Crippen molar-refractivity contribution < 1.29 is 14.3 Å². The predicted octanol–water partition coefficient (Wildman–Crippen LogP) is 3.81. The fraction of sp³-hybridized carbons (Fsp3) is 0.304. The first-order chi connectivity index (χ1) is 14.5. The Morgan fingerprint density at radius 2 is 2.03 bits per heavy atom. The van der Waals surface area contributed by atoms with Crippen molar-refractivity contribution in [1.82, 2.24) is 9.88 Å². The standard InChI is InChI=1S/C23H23ClN2O4/c1-3-29-16-6-4-15(5-7-16)10-11-25-23(28)17-13-26-12-14(2)30-19-9-8-18(24)20(21(19)26)22(17)27/h4-9,13-14H,3,10-12H2,1-2H3,(H,25,28). The van der Waals surface area contributed by atoms with Gasteiger partial charge in [-0.3, -0.25) is 9.59 Å². The largest absolute Gasteiger partial charge is 0.494 e. The molecule has 1 amide bonds. The van der Waals surface area contributed by atoms with Gasteiger partial charge in [0.25, 0.3) is 5.91 Å². The molecule has 0 saturated carbocycles. The summed E-state index contributed by atoms with van der Waals surface area (Å²) in [5.74, 6) is 1.02. The van der Waals surface area contributed by atoms with Crippen LogP contribution >= 0.6 is 11.6 Å². The van der Waals surface area contributed by atoms with Crippen molar-refractivity contribution in [3.8, 4) is 11.5 Å². The van der Waals surface area contributed by atoms with Crippen molar-refractivity contribution in [1.29, 1.82) is 0 Å². The number of amides is 1. The van der Waals surface area contributed by atoms with Crippen LogP contribution in [0.25, 0.3) is 10.9 Å². The van der Waals surface area contributed by atoms with Crippen LogP contribution in [0.2, 0.25) is 5.02 Å². The van der Waals surface area contributed by atoms with Gasteiger partial charge in [-0.2, -0.15) is 0 Å². The molecule has 0 saturated heterocycles. The molecule has 30 heavy (non-hydrogen) atoms. The highest BCUT2D eigenvalue weighted by Crippen LogP contribution is 2.33. The quantitative estimate of drug-likeness (QED) is 0.650. The second-order valence-electron chi connectivity index (χ2n) is 7.30. The number of hydrogen-bond acceptors (Lipinski definition) is 4. The summed E-state index contributed by atoms with van der Waals surface area (Å²) in [6, 6.07) is 11.1. The lowest BCUT2D eigenvalue weighted by Crippen LogP contribution is -2.33. The number of hydrogen-bond donors (Lipinski definition) is 1. The number of rotatable bonds is 6.